The SMILES string of the molecule is CCCCOCCOc1ccc(-c2ccc3c(c2)C=C(C(=O)Nc2ccc([S@](=O)Cc4cncn4CCC)cc2)CCN3CC(C)C)cc1. The summed E-state index contributed by atoms with van der Waals surface area (Å²) < 4.78 is 26.6. The molecule has 1 aliphatic heterocycles. The molecule has 1 aliphatic rings. The standard InChI is InChI=1S/C40H50N4O4S/c1-5-7-21-47-22-23-48-37-13-8-31(9-14-37)32-10-17-39-34(24-32)25-33(18-20-43(39)27-30(3)4)40(45)42-35-11-15-38(16-12-35)49(46)28-36-26-41-29-44(36)19-6-2/h8-17,24-26,29-30H,5-7,18-23,27-28H2,1-4H3,(H,42,45)/t49-/m1/s1. The largest absolute Gasteiger partial charge is 0.491 e. The number of aromatic nitrogens is 2. The molecule has 2 heterocycles. The lowest BCUT2D eigenvalue weighted by atomic mass is 10.00. The van der Waals surface area contributed by atoms with Crippen LogP contribution in [0.2, 0.25) is 0 Å². The van der Waals surface area contributed by atoms with Gasteiger partial charge >= 0.3 is 0 Å². The maximum Gasteiger partial charge on any atom is 0.251 e. The summed E-state index contributed by atoms with van der Waals surface area (Å²) in [7, 11) is -1.21. The smallest absolute Gasteiger partial charge is 0.251 e. The van der Waals surface area contributed by atoms with Crippen LogP contribution < -0.4 is 15.0 Å². The fourth-order valence-electron chi connectivity index (χ4n) is 5.92. The van der Waals surface area contributed by atoms with Crippen LogP contribution in [0.25, 0.3) is 17.2 Å². The number of hydrogen-bond donors (Lipinski definition) is 1. The molecule has 5 rings (SSSR count). The van der Waals surface area contributed by atoms with E-state index in [9.17, 15) is 9.00 Å². The van der Waals surface area contributed by atoms with Crippen molar-refractivity contribution in [3.8, 4) is 16.9 Å². The molecule has 1 atom stereocenters. The van der Waals surface area contributed by atoms with Crippen molar-refractivity contribution in [2.75, 3.05) is 43.1 Å². The van der Waals surface area contributed by atoms with Crippen molar-refractivity contribution in [3.63, 3.8) is 0 Å². The molecule has 0 saturated carbocycles. The Hall–Kier alpha value is -4.21. The minimum absolute atomic E-state index is 0.125. The van der Waals surface area contributed by atoms with Gasteiger partial charge in [0, 0.05) is 54.3 Å². The predicted octanol–water partition coefficient (Wildman–Crippen LogP) is 8.35. The zero-order valence-corrected chi connectivity index (χ0v) is 30.1. The highest BCUT2D eigenvalue weighted by molar-refractivity contribution is 7.84. The Morgan fingerprint density at radius 3 is 2.47 bits per heavy atom. The van der Waals surface area contributed by atoms with Crippen molar-refractivity contribution in [2.24, 2.45) is 5.92 Å². The van der Waals surface area contributed by atoms with E-state index in [-0.39, 0.29) is 5.91 Å². The molecule has 0 fully saturated rings. The summed E-state index contributed by atoms with van der Waals surface area (Å²) in [5.74, 6) is 1.57. The Labute approximate surface area is 294 Å². The second-order valence-electron chi connectivity index (χ2n) is 12.9. The molecule has 0 saturated heterocycles. The van der Waals surface area contributed by atoms with Gasteiger partial charge in [-0.3, -0.25) is 9.00 Å². The number of carbonyl (C=O) groups excluding carboxylic acids is 1. The van der Waals surface area contributed by atoms with Crippen molar-refractivity contribution in [3.05, 3.63) is 96.1 Å². The minimum atomic E-state index is -1.21. The number of hydrogen-bond acceptors (Lipinski definition) is 6. The molecule has 0 unspecified atom stereocenters. The van der Waals surface area contributed by atoms with E-state index in [1.54, 1.807) is 12.5 Å². The maximum atomic E-state index is 13.7. The van der Waals surface area contributed by atoms with E-state index in [0.29, 0.717) is 37.0 Å². The summed E-state index contributed by atoms with van der Waals surface area (Å²) in [5.41, 5.74) is 6.69. The second-order valence-corrected chi connectivity index (χ2v) is 14.4. The first kappa shape index (κ1) is 36.1. The van der Waals surface area contributed by atoms with Gasteiger partial charge in [-0.05, 0) is 96.5 Å². The van der Waals surface area contributed by atoms with Gasteiger partial charge < -0.3 is 24.3 Å². The molecular weight excluding hydrogens is 633 g/mol. The minimum Gasteiger partial charge on any atom is -0.491 e. The molecule has 0 aliphatic carbocycles. The van der Waals surface area contributed by atoms with Gasteiger partial charge in [-0.2, -0.15) is 0 Å². The average molecular weight is 683 g/mol. The van der Waals surface area contributed by atoms with Crippen molar-refractivity contribution in [1.82, 2.24) is 9.55 Å². The van der Waals surface area contributed by atoms with E-state index in [2.05, 4.69) is 77.8 Å². The van der Waals surface area contributed by atoms with Gasteiger partial charge in [0.2, 0.25) is 0 Å². The third-order valence-corrected chi connectivity index (χ3v) is 9.83. The summed E-state index contributed by atoms with van der Waals surface area (Å²) >= 11 is 0. The number of rotatable bonds is 17. The van der Waals surface area contributed by atoms with E-state index in [1.165, 1.54) is 0 Å². The first-order chi connectivity index (χ1) is 23.8. The molecule has 3 aromatic carbocycles. The molecule has 1 N–H and O–H groups in total. The molecule has 49 heavy (non-hydrogen) atoms. The molecule has 8 nitrogen and oxygen atoms in total. The molecule has 1 aromatic heterocycles. The number of anilines is 2. The van der Waals surface area contributed by atoms with Crippen molar-refractivity contribution in [1.29, 1.82) is 0 Å². The third-order valence-electron chi connectivity index (χ3n) is 8.47. The van der Waals surface area contributed by atoms with E-state index in [4.69, 9.17) is 9.47 Å². The Kier molecular flexibility index (Phi) is 13.2. The number of carbonyl (C=O) groups is 1. The van der Waals surface area contributed by atoms with Crippen LogP contribution in [-0.4, -0.2) is 52.6 Å². The normalized spacial score (nSPS) is 13.5. The third kappa shape index (κ3) is 10.2. The molecular formula is C40H50N4O4S. The van der Waals surface area contributed by atoms with Crippen LogP contribution in [0.3, 0.4) is 0 Å². The van der Waals surface area contributed by atoms with E-state index < -0.39 is 10.8 Å². The first-order valence-electron chi connectivity index (χ1n) is 17.5. The fraction of sp³-hybridized carbons (Fsp3) is 0.400. The van der Waals surface area contributed by atoms with Crippen molar-refractivity contribution in [2.45, 2.75) is 70.6 Å². The number of imidazole rings is 1. The van der Waals surface area contributed by atoms with Crippen molar-refractivity contribution >= 4 is 34.2 Å². The monoisotopic (exact) mass is 682 g/mol. The molecule has 0 bridgehead atoms. The van der Waals surface area contributed by atoms with Crippen LogP contribution in [0.15, 0.2) is 89.7 Å². The Morgan fingerprint density at radius 2 is 1.73 bits per heavy atom. The Balaban J connectivity index is 1.28. The van der Waals surface area contributed by atoms with E-state index in [1.807, 2.05) is 42.5 Å². The quantitative estimate of drug-likeness (QED) is 0.113. The van der Waals surface area contributed by atoms with Crippen molar-refractivity contribution < 1.29 is 18.5 Å². The van der Waals surface area contributed by atoms with Gasteiger partial charge in [0.15, 0.2) is 0 Å². The molecule has 0 radical (unpaired) electrons. The van der Waals surface area contributed by atoms with Crippen LogP contribution in [-0.2, 0) is 32.6 Å². The fourth-order valence-corrected chi connectivity index (χ4v) is 7.04. The maximum absolute atomic E-state index is 13.7. The lowest BCUT2D eigenvalue weighted by Gasteiger charge is -2.27. The lowest BCUT2D eigenvalue weighted by molar-refractivity contribution is -0.112. The van der Waals surface area contributed by atoms with Crippen LogP contribution >= 0.6 is 0 Å². The van der Waals surface area contributed by atoms with E-state index >= 15 is 0 Å². The number of aryl methyl sites for hydroxylation is 1. The van der Waals surface area contributed by atoms with E-state index in [0.717, 1.165) is 89.8 Å². The lowest BCUT2D eigenvalue weighted by Crippen LogP contribution is -2.29. The highest BCUT2D eigenvalue weighted by Gasteiger charge is 2.21. The van der Waals surface area contributed by atoms with Gasteiger partial charge in [0.05, 0.1) is 35.2 Å². The number of ether oxygens (including phenoxy) is 2. The van der Waals surface area contributed by atoms with Crippen LogP contribution in [0.1, 0.15) is 64.6 Å². The topological polar surface area (TPSA) is 85.7 Å². The summed E-state index contributed by atoms with van der Waals surface area (Å²) in [5, 5.41) is 3.09. The molecule has 260 valence electrons. The zero-order valence-electron chi connectivity index (χ0n) is 29.3. The van der Waals surface area contributed by atoms with Gasteiger partial charge in [-0.1, -0.05) is 52.3 Å². The average Bonchev–Trinajstić information content (AvgIpc) is 3.45. The van der Waals surface area contributed by atoms with Crippen LogP contribution in [0.5, 0.6) is 5.75 Å². The number of nitrogens with one attached hydrogen (secondary N) is 1. The number of fused-ring (bicyclic) bond motifs is 1. The Bertz CT molecular complexity index is 1710. The summed E-state index contributed by atoms with van der Waals surface area (Å²) in [4.78, 5) is 21.0. The van der Waals surface area contributed by atoms with Gasteiger partial charge in [0.1, 0.15) is 12.4 Å². The zero-order chi connectivity index (χ0) is 34.6. The summed E-state index contributed by atoms with van der Waals surface area (Å²) in [6, 6.07) is 22.0. The van der Waals surface area contributed by atoms with Crippen LogP contribution in [0.4, 0.5) is 11.4 Å². The number of nitrogens with zero attached hydrogens (tertiary/aromatic N) is 3. The summed E-state index contributed by atoms with van der Waals surface area (Å²) in [6.07, 6.45) is 9.42. The Morgan fingerprint density at radius 1 is 0.959 bits per heavy atom. The molecule has 1 amide bonds. The van der Waals surface area contributed by atoms with Gasteiger partial charge in [-0.25, -0.2) is 4.98 Å². The number of amides is 1. The second kappa shape index (κ2) is 18.0. The summed E-state index contributed by atoms with van der Waals surface area (Å²) in [6.45, 7) is 13.1. The van der Waals surface area contributed by atoms with Crippen LogP contribution in [0, 0.1) is 5.92 Å². The molecule has 9 heteroatoms. The van der Waals surface area contributed by atoms with Gasteiger partial charge in [0.25, 0.3) is 5.91 Å². The molecule has 0 spiro atoms. The van der Waals surface area contributed by atoms with Gasteiger partial charge in [-0.15, -0.1) is 0 Å². The predicted molar refractivity (Wildman–Crippen MR) is 200 cm³/mol. The highest BCUT2D eigenvalue weighted by Crippen LogP contribution is 2.34. The number of benzene rings is 3. The first-order valence-corrected chi connectivity index (χ1v) is 18.9. The number of unbranched alkanes of at least 4 members (excludes halogenated alkanes) is 1. The highest BCUT2D eigenvalue weighted by atomic mass is 32.2. The molecule has 4 aromatic rings.